The summed E-state index contributed by atoms with van der Waals surface area (Å²) in [5.41, 5.74) is 0. The van der Waals surface area contributed by atoms with Crippen molar-refractivity contribution in [3.63, 3.8) is 0 Å². The molecule has 0 aromatic heterocycles. The first-order chi connectivity index (χ1) is 3.77. The summed E-state index contributed by atoms with van der Waals surface area (Å²) >= 11 is 0. The van der Waals surface area contributed by atoms with E-state index in [0.717, 1.165) is 12.8 Å². The van der Waals surface area contributed by atoms with Crippen molar-refractivity contribution in [1.82, 2.24) is 0 Å². The van der Waals surface area contributed by atoms with Crippen LogP contribution in [0.3, 0.4) is 0 Å². The molecule has 0 saturated heterocycles. The zero-order valence-corrected chi connectivity index (χ0v) is 5.78. The second kappa shape index (κ2) is 5.07. The Kier molecular flexibility index (Phi) is 5.03. The van der Waals surface area contributed by atoms with E-state index in [1.54, 1.807) is 6.92 Å². The molecule has 0 aromatic carbocycles. The van der Waals surface area contributed by atoms with Gasteiger partial charge in [-0.05, 0) is 13.3 Å². The number of hydrogen-bond acceptors (Lipinski definition) is 0. The van der Waals surface area contributed by atoms with Crippen LogP contribution >= 0.6 is 0 Å². The maximum Gasteiger partial charge on any atom is 0.0973 e. The first-order valence-electron chi connectivity index (χ1n) is 3.41. The molecular weight excluding hydrogens is 103 g/mol. The Hall–Kier alpha value is -0.0700. The second-order valence-electron chi connectivity index (χ2n) is 2.28. The van der Waals surface area contributed by atoms with E-state index in [-0.39, 0.29) is 0 Å². The summed E-state index contributed by atoms with van der Waals surface area (Å²) in [4.78, 5) is 0. The Morgan fingerprint density at radius 2 is 2.00 bits per heavy atom. The molecule has 0 aliphatic carbocycles. The third kappa shape index (κ3) is 5.93. The van der Waals surface area contributed by atoms with Crippen LogP contribution in [0.4, 0.5) is 4.39 Å². The predicted molar refractivity (Wildman–Crippen MR) is 34.7 cm³/mol. The summed E-state index contributed by atoms with van der Waals surface area (Å²) < 4.78 is 12.0. The van der Waals surface area contributed by atoms with Crippen molar-refractivity contribution in [2.75, 3.05) is 0 Å². The molecule has 1 atom stereocenters. The van der Waals surface area contributed by atoms with Crippen LogP contribution in [0.1, 0.15) is 39.5 Å². The topological polar surface area (TPSA) is 0 Å². The third-order valence-corrected chi connectivity index (χ3v) is 1.21. The highest BCUT2D eigenvalue weighted by Gasteiger charge is 1.94. The van der Waals surface area contributed by atoms with Crippen molar-refractivity contribution in [1.29, 1.82) is 0 Å². The largest absolute Gasteiger partial charge is 0.248 e. The fraction of sp³-hybridized carbons (Fsp3) is 1.00. The summed E-state index contributed by atoms with van der Waals surface area (Å²) in [5, 5.41) is 0. The zero-order chi connectivity index (χ0) is 6.41. The summed E-state index contributed by atoms with van der Waals surface area (Å²) in [7, 11) is 0. The SMILES string of the molecule is CCCCCC(C)F. The summed E-state index contributed by atoms with van der Waals surface area (Å²) in [5.74, 6) is 0. The van der Waals surface area contributed by atoms with Crippen molar-refractivity contribution in [2.24, 2.45) is 0 Å². The molecule has 50 valence electrons. The molecule has 0 fully saturated rings. The summed E-state index contributed by atoms with van der Waals surface area (Å²) in [6.07, 6.45) is 3.56. The molecule has 0 aromatic rings. The number of alkyl halides is 1. The molecule has 1 heteroatoms. The van der Waals surface area contributed by atoms with Gasteiger partial charge in [-0.15, -0.1) is 0 Å². The lowest BCUT2D eigenvalue weighted by Gasteiger charge is -1.97. The normalized spacial score (nSPS) is 13.9. The second-order valence-corrected chi connectivity index (χ2v) is 2.28. The van der Waals surface area contributed by atoms with Gasteiger partial charge in [0.25, 0.3) is 0 Å². The van der Waals surface area contributed by atoms with Gasteiger partial charge >= 0.3 is 0 Å². The maximum atomic E-state index is 12.0. The molecule has 0 aliphatic rings. The smallest absolute Gasteiger partial charge is 0.0973 e. The lowest BCUT2D eigenvalue weighted by Crippen LogP contribution is -1.90. The van der Waals surface area contributed by atoms with Crippen LogP contribution in [0, 0.1) is 0 Å². The van der Waals surface area contributed by atoms with E-state index >= 15 is 0 Å². The fourth-order valence-corrected chi connectivity index (χ4v) is 0.676. The van der Waals surface area contributed by atoms with E-state index < -0.39 is 6.17 Å². The molecule has 0 bridgehead atoms. The van der Waals surface area contributed by atoms with Crippen molar-refractivity contribution in [3.05, 3.63) is 0 Å². The molecule has 0 saturated carbocycles. The molecule has 0 spiro atoms. The van der Waals surface area contributed by atoms with E-state index in [4.69, 9.17) is 0 Å². The van der Waals surface area contributed by atoms with Crippen LogP contribution in [0.5, 0.6) is 0 Å². The van der Waals surface area contributed by atoms with Gasteiger partial charge < -0.3 is 0 Å². The summed E-state index contributed by atoms with van der Waals surface area (Å²) in [6.45, 7) is 3.75. The van der Waals surface area contributed by atoms with Crippen LogP contribution < -0.4 is 0 Å². The molecule has 0 radical (unpaired) electrons. The Morgan fingerprint density at radius 1 is 1.38 bits per heavy atom. The lowest BCUT2D eigenvalue weighted by atomic mass is 10.1. The minimum absolute atomic E-state index is 0.596. The molecule has 0 aliphatic heterocycles. The first kappa shape index (κ1) is 7.93. The van der Waals surface area contributed by atoms with Crippen LogP contribution in [0.25, 0.3) is 0 Å². The lowest BCUT2D eigenvalue weighted by molar-refractivity contribution is 0.331. The molecular formula is C7H15F. The van der Waals surface area contributed by atoms with Gasteiger partial charge in [-0.25, -0.2) is 4.39 Å². The number of hydrogen-bond donors (Lipinski definition) is 0. The zero-order valence-electron chi connectivity index (χ0n) is 5.78. The van der Waals surface area contributed by atoms with Crippen LogP contribution in [0.2, 0.25) is 0 Å². The van der Waals surface area contributed by atoms with Gasteiger partial charge in [0, 0.05) is 0 Å². The van der Waals surface area contributed by atoms with E-state index in [1.165, 1.54) is 12.8 Å². The van der Waals surface area contributed by atoms with Crippen molar-refractivity contribution < 1.29 is 4.39 Å². The maximum absolute atomic E-state index is 12.0. The van der Waals surface area contributed by atoms with E-state index in [2.05, 4.69) is 6.92 Å². The molecule has 1 unspecified atom stereocenters. The highest BCUT2D eigenvalue weighted by molar-refractivity contribution is 4.46. The first-order valence-corrected chi connectivity index (χ1v) is 3.41. The Labute approximate surface area is 51.1 Å². The van der Waals surface area contributed by atoms with Crippen LogP contribution in [0.15, 0.2) is 0 Å². The predicted octanol–water partition coefficient (Wildman–Crippen LogP) is 2.92. The van der Waals surface area contributed by atoms with Gasteiger partial charge in [0.2, 0.25) is 0 Å². The van der Waals surface area contributed by atoms with Gasteiger partial charge in [0.05, 0.1) is 6.17 Å². The molecule has 0 heterocycles. The summed E-state index contributed by atoms with van der Waals surface area (Å²) in [6, 6.07) is 0. The van der Waals surface area contributed by atoms with Crippen LogP contribution in [-0.2, 0) is 0 Å². The van der Waals surface area contributed by atoms with E-state index in [0.29, 0.717) is 0 Å². The average Bonchev–Trinajstić information content (AvgIpc) is 1.66. The Balaban J connectivity index is 2.72. The van der Waals surface area contributed by atoms with Gasteiger partial charge in [0.15, 0.2) is 0 Å². The fourth-order valence-electron chi connectivity index (χ4n) is 0.676. The molecule has 0 rings (SSSR count). The van der Waals surface area contributed by atoms with Crippen molar-refractivity contribution in [2.45, 2.75) is 45.7 Å². The average molecular weight is 118 g/mol. The standard InChI is InChI=1S/C7H15F/c1-3-4-5-6-7(2)8/h7H,3-6H2,1-2H3. The van der Waals surface area contributed by atoms with E-state index in [9.17, 15) is 4.39 Å². The van der Waals surface area contributed by atoms with E-state index in [1.807, 2.05) is 0 Å². The van der Waals surface area contributed by atoms with Crippen LogP contribution in [-0.4, -0.2) is 6.17 Å². The molecule has 8 heavy (non-hydrogen) atoms. The van der Waals surface area contributed by atoms with Crippen molar-refractivity contribution in [3.8, 4) is 0 Å². The van der Waals surface area contributed by atoms with Gasteiger partial charge in [-0.2, -0.15) is 0 Å². The third-order valence-electron chi connectivity index (χ3n) is 1.21. The minimum Gasteiger partial charge on any atom is -0.248 e. The Bertz CT molecular complexity index is 41.7. The number of rotatable bonds is 4. The number of halogens is 1. The van der Waals surface area contributed by atoms with Crippen molar-refractivity contribution >= 4 is 0 Å². The monoisotopic (exact) mass is 118 g/mol. The van der Waals surface area contributed by atoms with Gasteiger partial charge in [-0.1, -0.05) is 26.2 Å². The quantitative estimate of drug-likeness (QED) is 0.498. The molecule has 0 N–H and O–H groups in total. The highest BCUT2D eigenvalue weighted by Crippen LogP contribution is 2.04. The van der Waals surface area contributed by atoms with Gasteiger partial charge in [-0.3, -0.25) is 0 Å². The molecule has 0 amide bonds. The Morgan fingerprint density at radius 3 is 2.38 bits per heavy atom. The van der Waals surface area contributed by atoms with Gasteiger partial charge in [0.1, 0.15) is 0 Å². The highest BCUT2D eigenvalue weighted by atomic mass is 19.1. The number of unbranched alkanes of at least 4 members (excludes halogenated alkanes) is 2. The molecule has 0 nitrogen and oxygen atoms in total. The minimum atomic E-state index is -0.596.